The molecule has 1 atom stereocenters. The van der Waals surface area contributed by atoms with Crippen LogP contribution in [0.4, 0.5) is 0 Å². The molecule has 158 valence electrons. The second-order valence-electron chi connectivity index (χ2n) is 7.73. The number of benzene rings is 1. The summed E-state index contributed by atoms with van der Waals surface area (Å²) in [5.74, 6) is 0.863. The van der Waals surface area contributed by atoms with Crippen LogP contribution in [-0.2, 0) is 17.1 Å². The molecule has 1 aliphatic heterocycles. The van der Waals surface area contributed by atoms with E-state index in [0.717, 1.165) is 41.1 Å². The van der Waals surface area contributed by atoms with Gasteiger partial charge in [-0.25, -0.2) is 13.4 Å². The molecule has 0 radical (unpaired) electrons. The lowest BCUT2D eigenvalue weighted by Gasteiger charge is -2.31. The number of rotatable bonds is 5. The summed E-state index contributed by atoms with van der Waals surface area (Å²) < 4.78 is 34.5. The van der Waals surface area contributed by atoms with E-state index < -0.39 is 10.0 Å². The zero-order valence-corrected chi connectivity index (χ0v) is 18.3. The van der Waals surface area contributed by atoms with Crippen molar-refractivity contribution in [1.29, 1.82) is 0 Å². The van der Waals surface area contributed by atoms with E-state index in [0.29, 0.717) is 13.1 Å². The number of methoxy groups -OCH3 is 1. The fraction of sp³-hybridized carbons (Fsp3) is 0.364. The van der Waals surface area contributed by atoms with E-state index in [9.17, 15) is 8.42 Å². The van der Waals surface area contributed by atoms with E-state index in [4.69, 9.17) is 9.72 Å². The van der Waals surface area contributed by atoms with E-state index in [1.807, 2.05) is 31.2 Å². The highest BCUT2D eigenvalue weighted by atomic mass is 32.2. The van der Waals surface area contributed by atoms with Gasteiger partial charge in [0.05, 0.1) is 13.4 Å². The molecule has 2 aromatic heterocycles. The van der Waals surface area contributed by atoms with Gasteiger partial charge in [0.15, 0.2) is 5.03 Å². The lowest BCUT2D eigenvalue weighted by atomic mass is 9.93. The van der Waals surface area contributed by atoms with Gasteiger partial charge in [-0.15, -0.1) is 0 Å². The highest BCUT2D eigenvalue weighted by Gasteiger charge is 2.33. The Labute approximate surface area is 177 Å². The molecule has 0 saturated carbocycles. The average Bonchev–Trinajstić information content (AvgIpc) is 3.21. The molecule has 0 spiro atoms. The van der Waals surface area contributed by atoms with Gasteiger partial charge in [-0.1, -0.05) is 12.1 Å². The number of sulfonamides is 1. The van der Waals surface area contributed by atoms with Crippen molar-refractivity contribution in [3.8, 4) is 16.9 Å². The first-order valence-corrected chi connectivity index (χ1v) is 11.4. The van der Waals surface area contributed by atoms with Gasteiger partial charge in [0.1, 0.15) is 5.75 Å². The molecule has 1 aliphatic rings. The number of nitrogens with zero attached hydrogens (tertiary/aromatic N) is 4. The van der Waals surface area contributed by atoms with Crippen molar-refractivity contribution in [3.05, 3.63) is 60.3 Å². The third-order valence-corrected chi connectivity index (χ3v) is 7.24. The molecule has 0 N–H and O–H groups in total. The third kappa shape index (κ3) is 4.11. The van der Waals surface area contributed by atoms with Gasteiger partial charge < -0.3 is 9.30 Å². The van der Waals surface area contributed by atoms with Gasteiger partial charge in [-0.2, -0.15) is 4.31 Å². The molecule has 1 aromatic carbocycles. The van der Waals surface area contributed by atoms with Crippen molar-refractivity contribution in [3.63, 3.8) is 0 Å². The first-order valence-electron chi connectivity index (χ1n) is 9.98. The molecular formula is C22H26N4O3S. The summed E-state index contributed by atoms with van der Waals surface area (Å²) in [5, 5.41) is 0.0989. The van der Waals surface area contributed by atoms with Crippen LogP contribution in [0.3, 0.4) is 0 Å². The number of piperidine rings is 1. The topological polar surface area (TPSA) is 77.3 Å². The van der Waals surface area contributed by atoms with Gasteiger partial charge in [-0.05, 0) is 55.2 Å². The molecule has 1 fully saturated rings. The molecule has 8 heteroatoms. The van der Waals surface area contributed by atoms with Crippen LogP contribution in [0.5, 0.6) is 5.75 Å². The Morgan fingerprint density at radius 1 is 1.13 bits per heavy atom. The number of pyridine rings is 1. The van der Waals surface area contributed by atoms with Crippen LogP contribution in [0.2, 0.25) is 0 Å². The zero-order valence-electron chi connectivity index (χ0n) is 17.4. The molecular weight excluding hydrogens is 400 g/mol. The normalized spacial score (nSPS) is 17.8. The molecule has 0 amide bonds. The minimum absolute atomic E-state index is 0.0501. The van der Waals surface area contributed by atoms with Crippen molar-refractivity contribution in [2.45, 2.75) is 30.7 Å². The Balaban J connectivity index is 1.61. The number of imidazole rings is 1. The summed E-state index contributed by atoms with van der Waals surface area (Å²) in [4.78, 5) is 8.79. The Hall–Kier alpha value is -2.71. The van der Waals surface area contributed by atoms with E-state index in [-0.39, 0.29) is 10.9 Å². The fourth-order valence-electron chi connectivity index (χ4n) is 3.91. The summed E-state index contributed by atoms with van der Waals surface area (Å²) in [6, 6.07) is 12.1. The van der Waals surface area contributed by atoms with Gasteiger partial charge >= 0.3 is 0 Å². The van der Waals surface area contributed by atoms with Gasteiger partial charge in [0.25, 0.3) is 10.0 Å². The minimum Gasteiger partial charge on any atom is -0.497 e. The molecule has 30 heavy (non-hydrogen) atoms. The average molecular weight is 427 g/mol. The largest absolute Gasteiger partial charge is 0.497 e. The Morgan fingerprint density at radius 3 is 2.57 bits per heavy atom. The first kappa shape index (κ1) is 20.6. The van der Waals surface area contributed by atoms with Crippen LogP contribution in [0, 0.1) is 6.92 Å². The molecule has 0 bridgehead atoms. The molecule has 1 saturated heterocycles. The number of ether oxygens (including phenoxy) is 1. The van der Waals surface area contributed by atoms with Crippen molar-refractivity contribution < 1.29 is 13.2 Å². The second kappa shape index (κ2) is 8.20. The molecule has 3 aromatic rings. The van der Waals surface area contributed by atoms with Crippen LogP contribution in [0.25, 0.3) is 11.1 Å². The first-order chi connectivity index (χ1) is 14.4. The van der Waals surface area contributed by atoms with Crippen molar-refractivity contribution in [2.24, 2.45) is 7.05 Å². The van der Waals surface area contributed by atoms with Crippen molar-refractivity contribution >= 4 is 10.0 Å². The molecule has 3 heterocycles. The number of aromatic nitrogens is 3. The molecule has 4 rings (SSSR count). The number of aryl methyl sites for hydroxylation is 2. The Kier molecular flexibility index (Phi) is 5.62. The maximum atomic E-state index is 13.0. The SMILES string of the molecule is COc1ccc(-c2cc(C)nc(C3CCCN(S(=O)(=O)c4cn(C)cn4)C3)c2)cc1. The van der Waals surface area contributed by atoms with E-state index in [1.54, 1.807) is 29.2 Å². The Bertz CT molecular complexity index is 1140. The van der Waals surface area contributed by atoms with Gasteiger partial charge in [-0.3, -0.25) is 4.98 Å². The summed E-state index contributed by atoms with van der Waals surface area (Å²) in [7, 11) is -0.186. The quantitative estimate of drug-likeness (QED) is 0.625. The summed E-state index contributed by atoms with van der Waals surface area (Å²) in [6.07, 6.45) is 4.76. The van der Waals surface area contributed by atoms with Crippen molar-refractivity contribution in [2.75, 3.05) is 20.2 Å². The standard InChI is InChI=1S/C22H26N4O3S/c1-16-11-19(17-6-8-20(29-3)9-7-17)12-21(24-16)18-5-4-10-26(13-18)30(27,28)22-14-25(2)15-23-22/h6-9,11-12,14-15,18H,4-5,10,13H2,1-3H3. The summed E-state index contributed by atoms with van der Waals surface area (Å²) >= 11 is 0. The van der Waals surface area contributed by atoms with Crippen LogP contribution < -0.4 is 4.74 Å². The third-order valence-electron chi connectivity index (χ3n) is 5.48. The molecule has 7 nitrogen and oxygen atoms in total. The summed E-state index contributed by atoms with van der Waals surface area (Å²) in [5.41, 5.74) is 4.01. The maximum absolute atomic E-state index is 13.0. The van der Waals surface area contributed by atoms with Crippen LogP contribution >= 0.6 is 0 Å². The second-order valence-corrected chi connectivity index (χ2v) is 9.61. The van der Waals surface area contributed by atoms with Crippen LogP contribution in [-0.4, -0.2) is 47.5 Å². The van der Waals surface area contributed by atoms with Gasteiger partial charge in [0.2, 0.25) is 0 Å². The Morgan fingerprint density at radius 2 is 1.90 bits per heavy atom. The van der Waals surface area contributed by atoms with Crippen LogP contribution in [0.15, 0.2) is 53.9 Å². The molecule has 1 unspecified atom stereocenters. The highest BCUT2D eigenvalue weighted by Crippen LogP contribution is 2.32. The number of hydrogen-bond donors (Lipinski definition) is 0. The molecule has 0 aliphatic carbocycles. The fourth-order valence-corrected chi connectivity index (χ4v) is 5.40. The lowest BCUT2D eigenvalue weighted by Crippen LogP contribution is -2.39. The van der Waals surface area contributed by atoms with E-state index >= 15 is 0 Å². The summed E-state index contributed by atoms with van der Waals surface area (Å²) in [6.45, 7) is 2.89. The van der Waals surface area contributed by atoms with E-state index in [2.05, 4.69) is 17.1 Å². The van der Waals surface area contributed by atoms with Crippen LogP contribution in [0.1, 0.15) is 30.1 Å². The predicted octanol–water partition coefficient (Wildman–Crippen LogP) is 3.37. The monoisotopic (exact) mass is 426 g/mol. The predicted molar refractivity (Wildman–Crippen MR) is 115 cm³/mol. The van der Waals surface area contributed by atoms with E-state index in [1.165, 1.54) is 6.33 Å². The van der Waals surface area contributed by atoms with Crippen molar-refractivity contribution in [1.82, 2.24) is 18.8 Å². The lowest BCUT2D eigenvalue weighted by molar-refractivity contribution is 0.312. The smallest absolute Gasteiger partial charge is 0.262 e. The maximum Gasteiger partial charge on any atom is 0.262 e. The minimum atomic E-state index is -3.60. The number of hydrogen-bond acceptors (Lipinski definition) is 5. The highest BCUT2D eigenvalue weighted by molar-refractivity contribution is 7.89. The van der Waals surface area contributed by atoms with Gasteiger partial charge in [0, 0.05) is 43.6 Å². The zero-order chi connectivity index (χ0) is 21.3.